The summed E-state index contributed by atoms with van der Waals surface area (Å²) >= 11 is 1.42. The lowest BCUT2D eigenvalue weighted by Gasteiger charge is -2.12. The van der Waals surface area contributed by atoms with Crippen molar-refractivity contribution in [1.29, 1.82) is 5.41 Å². The van der Waals surface area contributed by atoms with Crippen LogP contribution in [0.4, 0.5) is 0 Å². The van der Waals surface area contributed by atoms with Gasteiger partial charge in [0.1, 0.15) is 0 Å². The fraction of sp³-hybridized carbons (Fsp3) is 0.857. The van der Waals surface area contributed by atoms with E-state index < -0.39 is 0 Å². The van der Waals surface area contributed by atoms with E-state index in [2.05, 4.69) is 18.9 Å². The molecule has 0 spiro atoms. The first-order valence-corrected chi connectivity index (χ1v) is 4.80. The van der Waals surface area contributed by atoms with Crippen LogP contribution in [0, 0.1) is 5.41 Å². The van der Waals surface area contributed by atoms with E-state index >= 15 is 0 Å². The Labute approximate surface area is 72.8 Å². The molecular weight excluding hydrogens is 158 g/mol. The average Bonchev–Trinajstić information content (AvgIpc) is 1.97. The van der Waals surface area contributed by atoms with E-state index in [0.717, 1.165) is 25.3 Å². The molecule has 3 nitrogen and oxygen atoms in total. The Kier molecular flexibility index (Phi) is 6.36. The maximum atomic E-state index is 6.95. The third-order valence-corrected chi connectivity index (χ3v) is 2.29. The van der Waals surface area contributed by atoms with Crippen LogP contribution >= 0.6 is 11.8 Å². The lowest BCUT2D eigenvalue weighted by Crippen LogP contribution is -2.19. The Balaban J connectivity index is 3.08. The zero-order chi connectivity index (χ0) is 8.69. The summed E-state index contributed by atoms with van der Waals surface area (Å²) in [4.78, 5) is 2.25. The summed E-state index contributed by atoms with van der Waals surface area (Å²) in [6.07, 6.45) is 1.11. The van der Waals surface area contributed by atoms with Crippen LogP contribution in [0.3, 0.4) is 0 Å². The van der Waals surface area contributed by atoms with Crippen molar-refractivity contribution in [1.82, 2.24) is 4.90 Å². The first-order valence-electron chi connectivity index (χ1n) is 3.82. The van der Waals surface area contributed by atoms with Crippen LogP contribution in [0.1, 0.15) is 13.3 Å². The summed E-state index contributed by atoms with van der Waals surface area (Å²) in [5.41, 5.74) is 5.17. The van der Waals surface area contributed by atoms with E-state index in [1.165, 1.54) is 11.8 Å². The van der Waals surface area contributed by atoms with Gasteiger partial charge in [0, 0.05) is 5.75 Å². The summed E-state index contributed by atoms with van der Waals surface area (Å²) in [6.45, 7) is 4.32. The van der Waals surface area contributed by atoms with Gasteiger partial charge in [-0.1, -0.05) is 18.7 Å². The van der Waals surface area contributed by atoms with Crippen molar-refractivity contribution in [2.75, 3.05) is 25.9 Å². The van der Waals surface area contributed by atoms with Crippen LogP contribution in [-0.2, 0) is 0 Å². The van der Waals surface area contributed by atoms with Crippen molar-refractivity contribution in [2.24, 2.45) is 5.73 Å². The summed E-state index contributed by atoms with van der Waals surface area (Å²) < 4.78 is 0. The number of thioether (sulfide) groups is 1. The molecule has 0 bridgehead atoms. The molecule has 0 radical (unpaired) electrons. The summed E-state index contributed by atoms with van der Waals surface area (Å²) in [6, 6.07) is 0. The zero-order valence-electron chi connectivity index (χ0n) is 7.26. The quantitative estimate of drug-likeness (QED) is 0.372. The number of nitrogens with one attached hydrogen (secondary N) is 1. The fourth-order valence-corrected chi connectivity index (χ4v) is 1.17. The van der Waals surface area contributed by atoms with Crippen LogP contribution < -0.4 is 5.73 Å². The summed E-state index contributed by atoms with van der Waals surface area (Å²) in [5.74, 6) is 0.958. The highest BCUT2D eigenvalue weighted by atomic mass is 32.2. The summed E-state index contributed by atoms with van der Waals surface area (Å²) in [7, 11) is 2.10. The Hall–Kier alpha value is -0.220. The molecule has 0 aliphatic heterocycles. The second-order valence-corrected chi connectivity index (χ2v) is 3.60. The van der Waals surface area contributed by atoms with E-state index in [0.29, 0.717) is 0 Å². The van der Waals surface area contributed by atoms with Crippen molar-refractivity contribution < 1.29 is 0 Å². The molecule has 0 unspecified atom stereocenters. The normalized spacial score (nSPS) is 10.5. The van der Waals surface area contributed by atoms with E-state index in [-0.39, 0.29) is 5.17 Å². The van der Waals surface area contributed by atoms with Crippen molar-refractivity contribution in [3.63, 3.8) is 0 Å². The van der Waals surface area contributed by atoms with Crippen LogP contribution in [0.2, 0.25) is 0 Å². The van der Waals surface area contributed by atoms with Gasteiger partial charge in [0.05, 0.1) is 0 Å². The molecule has 0 saturated heterocycles. The van der Waals surface area contributed by atoms with E-state index in [1.807, 2.05) is 0 Å². The topological polar surface area (TPSA) is 53.1 Å². The Bertz CT molecular complexity index is 116. The van der Waals surface area contributed by atoms with Gasteiger partial charge in [0.15, 0.2) is 5.17 Å². The van der Waals surface area contributed by atoms with E-state index in [9.17, 15) is 0 Å². The summed E-state index contributed by atoms with van der Waals surface area (Å²) in [5, 5.41) is 7.18. The molecule has 0 saturated carbocycles. The molecule has 0 aromatic heterocycles. The molecule has 0 rings (SSSR count). The van der Waals surface area contributed by atoms with Crippen molar-refractivity contribution >= 4 is 16.9 Å². The number of nitrogens with two attached hydrogens (primary N) is 1. The SMILES string of the molecule is CCN(C)CCCSC(=N)N. The highest BCUT2D eigenvalue weighted by Gasteiger charge is 1.94. The third-order valence-electron chi connectivity index (χ3n) is 1.48. The second kappa shape index (κ2) is 6.49. The molecule has 0 heterocycles. The molecule has 11 heavy (non-hydrogen) atoms. The van der Waals surface area contributed by atoms with Crippen molar-refractivity contribution in [3.8, 4) is 0 Å². The van der Waals surface area contributed by atoms with Gasteiger partial charge in [0.25, 0.3) is 0 Å². The van der Waals surface area contributed by atoms with Crippen LogP contribution in [0.25, 0.3) is 0 Å². The van der Waals surface area contributed by atoms with E-state index in [1.54, 1.807) is 0 Å². The molecule has 0 amide bonds. The third kappa shape index (κ3) is 7.68. The predicted octanol–water partition coefficient (Wildman–Crippen LogP) is 0.955. The molecule has 4 heteroatoms. The Morgan fingerprint density at radius 3 is 2.73 bits per heavy atom. The van der Waals surface area contributed by atoms with Crippen molar-refractivity contribution in [3.05, 3.63) is 0 Å². The number of amidine groups is 1. The van der Waals surface area contributed by atoms with Gasteiger partial charge in [-0.05, 0) is 26.6 Å². The van der Waals surface area contributed by atoms with Crippen LogP contribution in [0.15, 0.2) is 0 Å². The first-order chi connectivity index (χ1) is 5.16. The molecule has 0 fully saturated rings. The van der Waals surface area contributed by atoms with Gasteiger partial charge in [-0.2, -0.15) is 0 Å². The monoisotopic (exact) mass is 175 g/mol. The predicted molar refractivity (Wildman–Crippen MR) is 52.2 cm³/mol. The highest BCUT2D eigenvalue weighted by Crippen LogP contribution is 2.00. The van der Waals surface area contributed by atoms with E-state index in [4.69, 9.17) is 11.1 Å². The molecular formula is C7H17N3S. The van der Waals surface area contributed by atoms with Gasteiger partial charge in [-0.15, -0.1) is 0 Å². The maximum absolute atomic E-state index is 6.95. The first kappa shape index (κ1) is 10.8. The van der Waals surface area contributed by atoms with Crippen LogP contribution in [-0.4, -0.2) is 36.0 Å². The minimum absolute atomic E-state index is 0.226. The largest absolute Gasteiger partial charge is 0.379 e. The molecule has 66 valence electrons. The molecule has 0 aliphatic rings. The Morgan fingerprint density at radius 1 is 1.64 bits per heavy atom. The molecule has 0 atom stereocenters. The Morgan fingerprint density at radius 2 is 2.27 bits per heavy atom. The molecule has 0 aliphatic carbocycles. The van der Waals surface area contributed by atoms with Gasteiger partial charge < -0.3 is 10.6 Å². The number of nitrogens with zero attached hydrogens (tertiary/aromatic N) is 1. The van der Waals surface area contributed by atoms with Gasteiger partial charge in [0.2, 0.25) is 0 Å². The lowest BCUT2D eigenvalue weighted by atomic mass is 10.4. The minimum atomic E-state index is 0.226. The van der Waals surface area contributed by atoms with Gasteiger partial charge in [-0.25, -0.2) is 0 Å². The number of rotatable bonds is 5. The molecule has 3 N–H and O–H groups in total. The number of hydrogen-bond donors (Lipinski definition) is 2. The maximum Gasteiger partial charge on any atom is 0.151 e. The molecule has 0 aromatic rings. The van der Waals surface area contributed by atoms with Crippen molar-refractivity contribution in [2.45, 2.75) is 13.3 Å². The highest BCUT2D eigenvalue weighted by molar-refractivity contribution is 8.13. The number of hydrogen-bond acceptors (Lipinski definition) is 3. The lowest BCUT2D eigenvalue weighted by molar-refractivity contribution is 0.355. The second-order valence-electron chi connectivity index (χ2n) is 2.46. The minimum Gasteiger partial charge on any atom is -0.379 e. The molecule has 0 aromatic carbocycles. The fourth-order valence-electron chi connectivity index (χ4n) is 0.675. The smallest absolute Gasteiger partial charge is 0.151 e. The van der Waals surface area contributed by atoms with Crippen LogP contribution in [0.5, 0.6) is 0 Å². The zero-order valence-corrected chi connectivity index (χ0v) is 8.08. The van der Waals surface area contributed by atoms with Gasteiger partial charge >= 0.3 is 0 Å². The average molecular weight is 175 g/mol. The van der Waals surface area contributed by atoms with Gasteiger partial charge in [-0.3, -0.25) is 5.41 Å². The standard InChI is InChI=1S/C7H17N3S/c1-3-10(2)5-4-6-11-7(8)9/h3-6H2,1-2H3,(H3,8,9).